The zero-order valence-electron chi connectivity index (χ0n) is 13.5. The van der Waals surface area contributed by atoms with Crippen molar-refractivity contribution in [2.45, 2.75) is 23.9 Å². The molecule has 0 N–H and O–H groups in total. The predicted molar refractivity (Wildman–Crippen MR) is 92.4 cm³/mol. The molecule has 6 heteroatoms. The summed E-state index contributed by atoms with van der Waals surface area (Å²) in [4.78, 5) is 0. The van der Waals surface area contributed by atoms with Crippen molar-refractivity contribution in [2.24, 2.45) is 7.05 Å². The van der Waals surface area contributed by atoms with E-state index in [-0.39, 0.29) is 11.9 Å². The minimum absolute atomic E-state index is 0.204. The summed E-state index contributed by atoms with van der Waals surface area (Å²) in [6, 6.07) is 16.1. The van der Waals surface area contributed by atoms with Crippen molar-refractivity contribution < 1.29 is 9.13 Å². The highest BCUT2D eigenvalue weighted by molar-refractivity contribution is 7.98. The van der Waals surface area contributed by atoms with Crippen LogP contribution >= 0.6 is 11.8 Å². The lowest BCUT2D eigenvalue weighted by Gasteiger charge is -2.14. The Balaban J connectivity index is 1.65. The minimum atomic E-state index is -0.225. The maximum absolute atomic E-state index is 12.9. The Morgan fingerprint density at radius 2 is 1.79 bits per heavy atom. The Morgan fingerprint density at radius 3 is 2.50 bits per heavy atom. The summed E-state index contributed by atoms with van der Waals surface area (Å²) >= 11 is 1.56. The van der Waals surface area contributed by atoms with Crippen LogP contribution in [0.4, 0.5) is 4.39 Å². The minimum Gasteiger partial charge on any atom is -0.483 e. The van der Waals surface area contributed by atoms with Gasteiger partial charge in [0.1, 0.15) is 11.6 Å². The van der Waals surface area contributed by atoms with Crippen molar-refractivity contribution >= 4 is 11.8 Å². The van der Waals surface area contributed by atoms with Gasteiger partial charge in [0.2, 0.25) is 0 Å². The molecule has 0 aliphatic heterocycles. The topological polar surface area (TPSA) is 39.9 Å². The Hall–Kier alpha value is -2.34. The molecule has 0 spiro atoms. The number of thioether (sulfide) groups is 1. The van der Waals surface area contributed by atoms with Crippen molar-refractivity contribution in [1.29, 1.82) is 0 Å². The number of hydrogen-bond donors (Lipinski definition) is 0. The standard InChI is InChI=1S/C18H18FN3OS/c1-13(23-16-6-4-3-5-7-16)17-20-21-18(22(17)2)24-12-14-8-10-15(19)11-9-14/h3-11,13H,12H2,1-2H3/t13-/m1/s1. The summed E-state index contributed by atoms with van der Waals surface area (Å²) in [5.74, 6) is 2.05. The molecule has 0 saturated carbocycles. The summed E-state index contributed by atoms with van der Waals surface area (Å²) in [7, 11) is 1.92. The Morgan fingerprint density at radius 1 is 1.08 bits per heavy atom. The molecule has 2 aromatic carbocycles. The number of halogens is 1. The van der Waals surface area contributed by atoms with Crippen LogP contribution < -0.4 is 4.74 Å². The highest BCUT2D eigenvalue weighted by atomic mass is 32.2. The Bertz CT molecular complexity index is 790. The van der Waals surface area contributed by atoms with Gasteiger partial charge in [-0.05, 0) is 36.8 Å². The summed E-state index contributed by atoms with van der Waals surface area (Å²) in [6.45, 7) is 1.95. The van der Waals surface area contributed by atoms with E-state index in [1.54, 1.807) is 23.9 Å². The van der Waals surface area contributed by atoms with E-state index < -0.39 is 0 Å². The molecule has 1 atom stereocenters. The van der Waals surface area contributed by atoms with Gasteiger partial charge in [-0.2, -0.15) is 0 Å². The summed E-state index contributed by atoms with van der Waals surface area (Å²) in [5, 5.41) is 9.28. The molecular formula is C18H18FN3OS. The van der Waals surface area contributed by atoms with Crippen LogP contribution in [0.3, 0.4) is 0 Å². The molecule has 124 valence electrons. The van der Waals surface area contributed by atoms with Crippen LogP contribution in [0.5, 0.6) is 5.75 Å². The first kappa shape index (κ1) is 16.5. The Labute approximate surface area is 144 Å². The third-order valence-electron chi connectivity index (χ3n) is 3.57. The first-order valence-corrected chi connectivity index (χ1v) is 8.60. The van der Waals surface area contributed by atoms with Gasteiger partial charge in [-0.25, -0.2) is 4.39 Å². The average Bonchev–Trinajstić information content (AvgIpc) is 2.96. The van der Waals surface area contributed by atoms with Crippen LogP contribution in [0, 0.1) is 5.82 Å². The second kappa shape index (κ2) is 7.49. The molecular weight excluding hydrogens is 325 g/mol. The van der Waals surface area contributed by atoms with E-state index in [4.69, 9.17) is 4.74 Å². The number of rotatable bonds is 6. The van der Waals surface area contributed by atoms with E-state index >= 15 is 0 Å². The number of aromatic nitrogens is 3. The molecule has 4 nitrogen and oxygen atoms in total. The van der Waals surface area contributed by atoms with Gasteiger partial charge in [0.05, 0.1) is 0 Å². The molecule has 0 unspecified atom stereocenters. The zero-order chi connectivity index (χ0) is 16.9. The first-order chi connectivity index (χ1) is 11.6. The van der Waals surface area contributed by atoms with E-state index in [0.717, 1.165) is 22.3 Å². The molecule has 1 heterocycles. The molecule has 1 aromatic heterocycles. The smallest absolute Gasteiger partial charge is 0.191 e. The maximum atomic E-state index is 12.9. The first-order valence-electron chi connectivity index (χ1n) is 7.61. The van der Waals surface area contributed by atoms with E-state index in [1.807, 2.05) is 48.9 Å². The van der Waals surface area contributed by atoms with E-state index in [0.29, 0.717) is 5.75 Å². The summed E-state index contributed by atoms with van der Waals surface area (Å²) in [6.07, 6.45) is -0.204. The third-order valence-corrected chi connectivity index (χ3v) is 4.66. The molecule has 0 fully saturated rings. The zero-order valence-corrected chi connectivity index (χ0v) is 14.3. The van der Waals surface area contributed by atoms with Gasteiger partial charge in [-0.3, -0.25) is 0 Å². The van der Waals surface area contributed by atoms with E-state index in [2.05, 4.69) is 10.2 Å². The van der Waals surface area contributed by atoms with Crippen LogP contribution in [0.25, 0.3) is 0 Å². The molecule has 0 aliphatic carbocycles. The van der Waals surface area contributed by atoms with Crippen LogP contribution in [0.15, 0.2) is 59.8 Å². The van der Waals surface area contributed by atoms with Gasteiger partial charge < -0.3 is 9.30 Å². The second-order valence-electron chi connectivity index (χ2n) is 5.39. The highest BCUT2D eigenvalue weighted by Crippen LogP contribution is 2.25. The fraction of sp³-hybridized carbons (Fsp3) is 0.222. The maximum Gasteiger partial charge on any atom is 0.191 e. The normalized spacial score (nSPS) is 12.1. The SMILES string of the molecule is C[C@@H](Oc1ccccc1)c1nnc(SCc2ccc(F)cc2)n1C. The molecule has 0 amide bonds. The molecule has 3 rings (SSSR count). The molecule has 0 bridgehead atoms. The average molecular weight is 343 g/mol. The third kappa shape index (κ3) is 3.94. The fourth-order valence-corrected chi connectivity index (χ4v) is 3.16. The van der Waals surface area contributed by atoms with Gasteiger partial charge in [0.15, 0.2) is 17.1 Å². The van der Waals surface area contributed by atoms with Crippen LogP contribution in [-0.2, 0) is 12.8 Å². The van der Waals surface area contributed by atoms with Crippen LogP contribution in [-0.4, -0.2) is 14.8 Å². The summed E-state index contributed by atoms with van der Waals surface area (Å²) < 4.78 is 20.8. The van der Waals surface area contributed by atoms with Gasteiger partial charge >= 0.3 is 0 Å². The van der Waals surface area contributed by atoms with Crippen LogP contribution in [0.2, 0.25) is 0 Å². The van der Waals surface area contributed by atoms with Gasteiger partial charge in [0, 0.05) is 12.8 Å². The monoisotopic (exact) mass is 343 g/mol. The predicted octanol–water partition coefficient (Wildman–Crippen LogP) is 4.39. The van der Waals surface area contributed by atoms with Crippen molar-refractivity contribution in [3.8, 4) is 5.75 Å². The van der Waals surface area contributed by atoms with E-state index in [1.165, 1.54) is 12.1 Å². The lowest BCUT2D eigenvalue weighted by atomic mass is 10.2. The van der Waals surface area contributed by atoms with Gasteiger partial charge in [-0.1, -0.05) is 42.1 Å². The lowest BCUT2D eigenvalue weighted by Crippen LogP contribution is -2.10. The molecule has 0 saturated heterocycles. The molecule has 24 heavy (non-hydrogen) atoms. The van der Waals surface area contributed by atoms with Gasteiger partial charge in [-0.15, -0.1) is 10.2 Å². The van der Waals surface area contributed by atoms with Crippen LogP contribution in [0.1, 0.15) is 24.4 Å². The van der Waals surface area contributed by atoms with Crippen molar-refractivity contribution in [1.82, 2.24) is 14.8 Å². The quantitative estimate of drug-likeness (QED) is 0.623. The number of ether oxygens (including phenoxy) is 1. The number of nitrogens with zero attached hydrogens (tertiary/aromatic N) is 3. The molecule has 0 radical (unpaired) electrons. The highest BCUT2D eigenvalue weighted by Gasteiger charge is 2.17. The fourth-order valence-electron chi connectivity index (χ4n) is 2.29. The Kier molecular flexibility index (Phi) is 5.15. The lowest BCUT2D eigenvalue weighted by molar-refractivity contribution is 0.211. The summed E-state index contributed by atoms with van der Waals surface area (Å²) in [5.41, 5.74) is 1.04. The van der Waals surface area contributed by atoms with Crippen molar-refractivity contribution in [3.05, 3.63) is 71.8 Å². The van der Waals surface area contributed by atoms with Gasteiger partial charge in [0.25, 0.3) is 0 Å². The number of para-hydroxylation sites is 1. The number of benzene rings is 2. The second-order valence-corrected chi connectivity index (χ2v) is 6.33. The van der Waals surface area contributed by atoms with Crippen molar-refractivity contribution in [3.63, 3.8) is 0 Å². The number of hydrogen-bond acceptors (Lipinski definition) is 4. The molecule has 0 aliphatic rings. The van der Waals surface area contributed by atoms with E-state index in [9.17, 15) is 4.39 Å². The largest absolute Gasteiger partial charge is 0.483 e. The molecule has 3 aromatic rings. The van der Waals surface area contributed by atoms with Crippen molar-refractivity contribution in [2.75, 3.05) is 0 Å².